The fourth-order valence-corrected chi connectivity index (χ4v) is 3.39. The molecule has 3 rings (SSSR count). The Morgan fingerprint density at radius 2 is 1.55 bits per heavy atom. The molecule has 1 nitrogen and oxygen atoms in total. The van der Waals surface area contributed by atoms with Crippen LogP contribution in [0.4, 0.5) is 8.78 Å². The lowest BCUT2D eigenvalue weighted by Gasteiger charge is -2.10. The summed E-state index contributed by atoms with van der Waals surface area (Å²) in [7, 11) is 0. The molecule has 3 aromatic carbocycles. The zero-order chi connectivity index (χ0) is 23.0. The molecule has 3 heteroatoms. The average molecular weight is 419 g/mol. The van der Waals surface area contributed by atoms with Crippen LogP contribution < -0.4 is 0 Å². The number of benzene rings is 3. The molecule has 0 heterocycles. The van der Waals surface area contributed by atoms with Gasteiger partial charge in [-0.3, -0.25) is 0 Å². The summed E-state index contributed by atoms with van der Waals surface area (Å²) in [5.74, 6) is -1.06. The van der Waals surface area contributed by atoms with E-state index in [2.05, 4.69) is 32.6 Å². The second-order valence-electron chi connectivity index (χ2n) is 7.27. The van der Waals surface area contributed by atoms with Gasteiger partial charge in [0.15, 0.2) is 0 Å². The minimum Gasteiger partial charge on any atom is -0.304 e. The predicted octanol–water partition coefficient (Wildman–Crippen LogP) is 7.82. The number of rotatable bonds is 5. The van der Waals surface area contributed by atoms with Crippen molar-refractivity contribution in [1.29, 1.82) is 0 Å². The van der Waals surface area contributed by atoms with Crippen LogP contribution in [-0.2, 0) is 11.2 Å². The number of allylic oxidation sites excluding steroid dienone is 3. The van der Waals surface area contributed by atoms with E-state index in [1.807, 2.05) is 37.3 Å². The Bertz CT molecular complexity index is 1070. The van der Waals surface area contributed by atoms with Crippen molar-refractivity contribution in [3.05, 3.63) is 107 Å². The van der Waals surface area contributed by atoms with Gasteiger partial charge in [0, 0.05) is 0 Å². The number of halogens is 2. The van der Waals surface area contributed by atoms with Crippen molar-refractivity contribution in [2.75, 3.05) is 0 Å². The highest BCUT2D eigenvalue weighted by Gasteiger charge is 2.13. The van der Waals surface area contributed by atoms with Crippen LogP contribution in [-0.4, -0.2) is 6.29 Å². The summed E-state index contributed by atoms with van der Waals surface area (Å²) in [4.78, 5) is 8.81. The summed E-state index contributed by atoms with van der Waals surface area (Å²) < 4.78 is 28.7. The Morgan fingerprint density at radius 3 is 2.06 bits per heavy atom. The molecule has 3 aromatic rings. The van der Waals surface area contributed by atoms with Gasteiger partial charge in [0.25, 0.3) is 0 Å². The van der Waals surface area contributed by atoms with Crippen molar-refractivity contribution in [3.8, 4) is 11.1 Å². The van der Waals surface area contributed by atoms with E-state index >= 15 is 0 Å². The van der Waals surface area contributed by atoms with Gasteiger partial charge < -0.3 is 4.79 Å². The molecule has 0 N–H and O–H groups in total. The second-order valence-corrected chi connectivity index (χ2v) is 7.27. The van der Waals surface area contributed by atoms with Crippen LogP contribution in [0, 0.1) is 18.6 Å². The number of aryl methyl sites for hydroxylation is 2. The molecule has 0 atom stereocenters. The number of hydrogen-bond donors (Lipinski definition) is 0. The van der Waals surface area contributed by atoms with E-state index in [-0.39, 0.29) is 5.56 Å². The molecule has 0 aliphatic carbocycles. The van der Waals surface area contributed by atoms with E-state index in [1.54, 1.807) is 12.1 Å². The van der Waals surface area contributed by atoms with Gasteiger partial charge >= 0.3 is 0 Å². The Morgan fingerprint density at radius 1 is 1.00 bits per heavy atom. The molecule has 0 bridgehead atoms. The van der Waals surface area contributed by atoms with E-state index in [9.17, 15) is 8.78 Å². The van der Waals surface area contributed by atoms with Crippen molar-refractivity contribution in [3.63, 3.8) is 0 Å². The number of aldehydes is 1. The second kappa shape index (κ2) is 11.2. The lowest BCUT2D eigenvalue weighted by Crippen LogP contribution is -1.94. The zero-order valence-electron chi connectivity index (χ0n) is 18.5. The van der Waals surface area contributed by atoms with E-state index in [1.165, 1.54) is 30.2 Å². The minimum atomic E-state index is -0.529. The van der Waals surface area contributed by atoms with Gasteiger partial charge in [-0.25, -0.2) is 8.78 Å². The lowest BCUT2D eigenvalue weighted by atomic mass is 9.96. The topological polar surface area (TPSA) is 17.1 Å². The number of carbonyl (C=O) groups is 1. The lowest BCUT2D eigenvalue weighted by molar-refractivity contribution is -0.106. The van der Waals surface area contributed by atoms with Gasteiger partial charge in [0.2, 0.25) is 0 Å². The summed E-state index contributed by atoms with van der Waals surface area (Å²) in [6.07, 6.45) is 3.38. The predicted molar refractivity (Wildman–Crippen MR) is 127 cm³/mol. The molecule has 0 amide bonds. The summed E-state index contributed by atoms with van der Waals surface area (Å²) >= 11 is 0. The molecule has 0 saturated carbocycles. The summed E-state index contributed by atoms with van der Waals surface area (Å²) in [6, 6.07) is 18.2. The molecule has 0 aliphatic rings. The van der Waals surface area contributed by atoms with E-state index in [0.717, 1.165) is 23.0 Å². The molecule has 0 saturated heterocycles. The van der Waals surface area contributed by atoms with Crippen LogP contribution in [0.5, 0.6) is 0 Å². The Hall–Kier alpha value is -3.33. The van der Waals surface area contributed by atoms with Crippen LogP contribution in [0.25, 0.3) is 22.3 Å². The standard InChI is InChI=1S/C26H24F2.C2H4O/c1-5-20-15-24(27)26(25(28)16-20)22-12-10-21(11-13-22)18(3)14-19(4)23-9-7-6-8-17(23)2;1-2-3/h6-16H,3,5H2,1-2,4H3;2H,1H3/b19-14-;. The third-order valence-corrected chi connectivity index (χ3v) is 5.02. The fourth-order valence-electron chi connectivity index (χ4n) is 3.39. The normalized spacial score (nSPS) is 10.8. The maximum absolute atomic E-state index is 14.4. The van der Waals surface area contributed by atoms with Crippen LogP contribution in [0.3, 0.4) is 0 Å². The number of carbonyl (C=O) groups excluding carboxylic acids is 1. The Balaban J connectivity index is 0.00000107. The molecule has 160 valence electrons. The first kappa shape index (κ1) is 23.9. The Labute approximate surface area is 183 Å². The summed E-state index contributed by atoms with van der Waals surface area (Å²) in [6.45, 7) is 11.6. The van der Waals surface area contributed by atoms with Gasteiger partial charge in [-0.1, -0.05) is 68.1 Å². The fraction of sp³-hybridized carbons (Fsp3) is 0.179. The van der Waals surface area contributed by atoms with Gasteiger partial charge in [-0.2, -0.15) is 0 Å². The average Bonchev–Trinajstić information content (AvgIpc) is 2.74. The summed E-state index contributed by atoms with van der Waals surface area (Å²) in [5, 5.41) is 0. The molecule has 0 spiro atoms. The smallest absolute Gasteiger partial charge is 0.134 e. The molecular weight excluding hydrogens is 390 g/mol. The van der Waals surface area contributed by atoms with Gasteiger partial charge in [-0.05, 0) is 78.3 Å². The van der Waals surface area contributed by atoms with Crippen molar-refractivity contribution in [1.82, 2.24) is 0 Å². The van der Waals surface area contributed by atoms with E-state index in [0.29, 0.717) is 17.5 Å². The first-order chi connectivity index (χ1) is 14.8. The van der Waals surface area contributed by atoms with Gasteiger partial charge in [0.05, 0.1) is 5.56 Å². The molecule has 0 aromatic heterocycles. The maximum atomic E-state index is 14.4. The SMILES string of the molecule is C=C(/C=C(/C)c1ccccc1C)c1ccc(-c2c(F)cc(CC)cc2F)cc1.CC=O. The van der Waals surface area contributed by atoms with Crippen LogP contribution in [0.15, 0.2) is 73.3 Å². The zero-order valence-corrected chi connectivity index (χ0v) is 18.5. The maximum Gasteiger partial charge on any atom is 0.134 e. The van der Waals surface area contributed by atoms with Crippen LogP contribution >= 0.6 is 0 Å². The molecule has 0 unspecified atom stereocenters. The molecule has 0 aliphatic heterocycles. The van der Waals surface area contributed by atoms with Crippen LogP contribution in [0.2, 0.25) is 0 Å². The van der Waals surface area contributed by atoms with Crippen molar-refractivity contribution in [2.24, 2.45) is 0 Å². The largest absolute Gasteiger partial charge is 0.304 e. The minimum absolute atomic E-state index is 0.0148. The third kappa shape index (κ3) is 6.08. The molecule has 0 fully saturated rings. The highest BCUT2D eigenvalue weighted by Crippen LogP contribution is 2.29. The number of hydrogen-bond acceptors (Lipinski definition) is 1. The third-order valence-electron chi connectivity index (χ3n) is 5.02. The highest BCUT2D eigenvalue weighted by molar-refractivity contribution is 5.83. The summed E-state index contributed by atoms with van der Waals surface area (Å²) in [5.41, 5.74) is 6.48. The van der Waals surface area contributed by atoms with Gasteiger partial charge in [-0.15, -0.1) is 0 Å². The van der Waals surface area contributed by atoms with Crippen molar-refractivity contribution < 1.29 is 13.6 Å². The van der Waals surface area contributed by atoms with Crippen molar-refractivity contribution >= 4 is 17.4 Å². The molecular formula is C28H28F2O. The quantitative estimate of drug-likeness (QED) is 0.305. The van der Waals surface area contributed by atoms with Gasteiger partial charge in [0.1, 0.15) is 17.9 Å². The first-order valence-corrected chi connectivity index (χ1v) is 10.2. The molecule has 0 radical (unpaired) electrons. The van der Waals surface area contributed by atoms with Crippen LogP contribution in [0.1, 0.15) is 43.0 Å². The van der Waals surface area contributed by atoms with E-state index < -0.39 is 11.6 Å². The monoisotopic (exact) mass is 418 g/mol. The molecule has 31 heavy (non-hydrogen) atoms. The highest BCUT2D eigenvalue weighted by atomic mass is 19.1. The Kier molecular flexibility index (Phi) is 8.63. The van der Waals surface area contributed by atoms with E-state index in [4.69, 9.17) is 4.79 Å². The first-order valence-electron chi connectivity index (χ1n) is 10.2. The van der Waals surface area contributed by atoms with Crippen molar-refractivity contribution in [2.45, 2.75) is 34.1 Å².